The molecule has 0 saturated carbocycles. The highest BCUT2D eigenvalue weighted by Gasteiger charge is 2.56. The molecule has 0 spiro atoms. The van der Waals surface area contributed by atoms with E-state index in [1.165, 1.54) is 0 Å². The van der Waals surface area contributed by atoms with E-state index in [9.17, 15) is 10.1 Å². The van der Waals surface area contributed by atoms with Gasteiger partial charge in [-0.15, -0.1) is 0 Å². The van der Waals surface area contributed by atoms with Gasteiger partial charge in [0, 0.05) is 12.3 Å². The average molecular weight is 516 g/mol. The molecule has 8 heteroatoms. The number of benzene rings is 2. The Kier molecular flexibility index (Phi) is 10.6. The summed E-state index contributed by atoms with van der Waals surface area (Å²) >= 11 is 0. The number of nitrogens with zero attached hydrogens (tertiary/aromatic N) is 1. The lowest BCUT2D eigenvalue weighted by molar-refractivity contribution is -0.285. The molecule has 1 heterocycles. The molecule has 1 fully saturated rings. The van der Waals surface area contributed by atoms with Crippen molar-refractivity contribution in [1.29, 1.82) is 5.26 Å². The topological polar surface area (TPSA) is 77.8 Å². The van der Waals surface area contributed by atoms with E-state index in [0.717, 1.165) is 11.1 Å². The van der Waals surface area contributed by atoms with Crippen molar-refractivity contribution in [3.05, 3.63) is 71.8 Å². The molecule has 1 aliphatic rings. The number of hydrogen-bond acceptors (Lipinski definition) is 6. The highest BCUT2D eigenvalue weighted by Crippen LogP contribution is 2.41. The normalized spacial score (nSPS) is 24.7. The third kappa shape index (κ3) is 7.57. The summed E-state index contributed by atoms with van der Waals surface area (Å²) in [4.78, 5) is 12.1. The fourth-order valence-corrected chi connectivity index (χ4v) is 4.66. The first-order chi connectivity index (χ1) is 17.8. The largest absolute Gasteiger partial charge is 0.465 e. The van der Waals surface area contributed by atoms with Crippen molar-refractivity contribution in [2.45, 2.75) is 77.2 Å². The van der Waals surface area contributed by atoms with Gasteiger partial charge < -0.3 is 18.9 Å². The van der Waals surface area contributed by atoms with Gasteiger partial charge in [-0.1, -0.05) is 74.5 Å². The summed E-state index contributed by atoms with van der Waals surface area (Å²) in [5, 5.41) is 9.42. The second kappa shape index (κ2) is 13.6. The third-order valence-electron chi connectivity index (χ3n) is 6.64. The van der Waals surface area contributed by atoms with Gasteiger partial charge >= 0.3 is 5.97 Å². The van der Waals surface area contributed by atoms with E-state index in [-0.39, 0.29) is 25.7 Å². The second-order valence-electron chi connectivity index (χ2n) is 9.28. The summed E-state index contributed by atoms with van der Waals surface area (Å²) in [7, 11) is 0. The Labute approximate surface area is 217 Å². The summed E-state index contributed by atoms with van der Waals surface area (Å²) in [5.74, 6) is -6.40. The van der Waals surface area contributed by atoms with Gasteiger partial charge in [-0.2, -0.15) is 5.26 Å². The summed E-state index contributed by atoms with van der Waals surface area (Å²) < 4.78 is 54.9. The van der Waals surface area contributed by atoms with Gasteiger partial charge in [0.1, 0.15) is 18.1 Å². The molecule has 6 nitrogen and oxygen atoms in total. The van der Waals surface area contributed by atoms with Crippen LogP contribution in [0.3, 0.4) is 0 Å². The van der Waals surface area contributed by atoms with Crippen molar-refractivity contribution < 1.29 is 32.5 Å². The molecule has 1 aliphatic heterocycles. The Morgan fingerprint density at radius 1 is 1.00 bits per heavy atom. The summed E-state index contributed by atoms with van der Waals surface area (Å²) in [5.41, 5.74) is 1.73. The van der Waals surface area contributed by atoms with E-state index in [2.05, 4.69) is 0 Å². The number of carbonyl (C=O) groups excluding carboxylic acids is 1. The molecule has 1 unspecified atom stereocenters. The molecule has 6 atom stereocenters. The minimum atomic E-state index is -3.56. The summed E-state index contributed by atoms with van der Waals surface area (Å²) in [6, 6.07) is 20.4. The standard InChI is InChI=1S/C29H35F2NO5/c1-4-24-20(3)25(35-18-21-12-8-6-9-13-21)26(36-19-22-14-10-7-11-15-22)27(37-24)29(30,31)16-23(17-32)28(33)34-5-2/h6-15,20,23-27H,4-5,16,18-19H2,1-3H3/t20-,23?,24+,25-,26+,27+/m0/s1. The molecular formula is C29H35F2NO5. The number of alkyl halides is 2. The zero-order valence-electron chi connectivity index (χ0n) is 21.5. The van der Waals surface area contributed by atoms with Crippen LogP contribution in [0.1, 0.15) is 44.7 Å². The van der Waals surface area contributed by atoms with Crippen LogP contribution in [0.5, 0.6) is 0 Å². The first-order valence-corrected chi connectivity index (χ1v) is 12.7. The molecular weight excluding hydrogens is 480 g/mol. The number of ether oxygens (including phenoxy) is 4. The van der Waals surface area contributed by atoms with Crippen molar-refractivity contribution in [2.75, 3.05) is 6.61 Å². The molecule has 1 saturated heterocycles. The Morgan fingerprint density at radius 2 is 1.54 bits per heavy atom. The monoisotopic (exact) mass is 515 g/mol. The van der Waals surface area contributed by atoms with E-state index < -0.39 is 48.6 Å². The third-order valence-corrected chi connectivity index (χ3v) is 6.64. The van der Waals surface area contributed by atoms with Gasteiger partial charge in [-0.25, -0.2) is 8.78 Å². The van der Waals surface area contributed by atoms with Crippen molar-refractivity contribution in [1.82, 2.24) is 0 Å². The Morgan fingerprint density at radius 3 is 2.03 bits per heavy atom. The van der Waals surface area contributed by atoms with Crippen LogP contribution < -0.4 is 0 Å². The number of nitriles is 1. The van der Waals surface area contributed by atoms with Crippen LogP contribution in [0.4, 0.5) is 8.78 Å². The van der Waals surface area contributed by atoms with Gasteiger partial charge in [0.25, 0.3) is 5.92 Å². The second-order valence-corrected chi connectivity index (χ2v) is 9.28. The summed E-state index contributed by atoms with van der Waals surface area (Å²) in [6.45, 7) is 5.63. The molecule has 0 aliphatic carbocycles. The lowest BCUT2D eigenvalue weighted by atomic mass is 9.83. The number of halogens is 2. The van der Waals surface area contributed by atoms with E-state index in [4.69, 9.17) is 18.9 Å². The van der Waals surface area contributed by atoms with Crippen LogP contribution in [0.2, 0.25) is 0 Å². The maximum Gasteiger partial charge on any atom is 0.323 e. The van der Waals surface area contributed by atoms with Gasteiger partial charge in [0.15, 0.2) is 0 Å². The molecule has 0 aromatic heterocycles. The summed E-state index contributed by atoms with van der Waals surface area (Å²) in [6.07, 6.45) is -4.63. The minimum absolute atomic E-state index is 0.00382. The van der Waals surface area contributed by atoms with Crippen LogP contribution in [-0.4, -0.2) is 42.9 Å². The maximum atomic E-state index is 15.9. The quantitative estimate of drug-likeness (QED) is 0.338. The van der Waals surface area contributed by atoms with Crippen LogP contribution in [0.15, 0.2) is 60.7 Å². The predicted octanol–water partition coefficient (Wildman–Crippen LogP) is 5.70. The van der Waals surface area contributed by atoms with Crippen molar-refractivity contribution >= 4 is 5.97 Å². The molecule has 200 valence electrons. The molecule has 2 aromatic rings. The van der Waals surface area contributed by atoms with E-state index in [1.54, 1.807) is 13.0 Å². The van der Waals surface area contributed by atoms with Crippen LogP contribution in [0.25, 0.3) is 0 Å². The molecule has 37 heavy (non-hydrogen) atoms. The average Bonchev–Trinajstić information content (AvgIpc) is 2.91. The van der Waals surface area contributed by atoms with Crippen LogP contribution in [0, 0.1) is 23.2 Å². The first-order valence-electron chi connectivity index (χ1n) is 12.7. The number of rotatable bonds is 12. The van der Waals surface area contributed by atoms with E-state index in [0.29, 0.717) is 6.42 Å². The van der Waals surface area contributed by atoms with Gasteiger partial charge in [0.2, 0.25) is 0 Å². The van der Waals surface area contributed by atoms with Gasteiger partial charge in [-0.3, -0.25) is 4.79 Å². The van der Waals surface area contributed by atoms with E-state index in [1.807, 2.05) is 74.5 Å². The predicted molar refractivity (Wildman–Crippen MR) is 133 cm³/mol. The Bertz CT molecular complexity index is 1010. The SMILES string of the molecule is CCOC(=O)C(C#N)CC(F)(F)[C@@H]1O[C@H](CC)[C@H](C)[C@H](OCc2ccccc2)[C@H]1OCc1ccccc1. The van der Waals surface area contributed by atoms with Crippen LogP contribution in [-0.2, 0) is 37.0 Å². The maximum absolute atomic E-state index is 15.9. The highest BCUT2D eigenvalue weighted by atomic mass is 19.3. The molecule has 0 amide bonds. The smallest absolute Gasteiger partial charge is 0.323 e. The van der Waals surface area contributed by atoms with Crippen molar-refractivity contribution in [2.24, 2.45) is 11.8 Å². The molecule has 0 N–H and O–H groups in total. The van der Waals surface area contributed by atoms with Gasteiger partial charge in [-0.05, 0) is 24.5 Å². The van der Waals surface area contributed by atoms with Crippen molar-refractivity contribution in [3.8, 4) is 6.07 Å². The minimum Gasteiger partial charge on any atom is -0.465 e. The number of hydrogen-bond donors (Lipinski definition) is 0. The molecule has 3 rings (SSSR count). The number of carbonyl (C=O) groups is 1. The molecule has 0 bridgehead atoms. The zero-order valence-corrected chi connectivity index (χ0v) is 21.5. The Hall–Kier alpha value is -2.86. The molecule has 2 aromatic carbocycles. The molecule has 0 radical (unpaired) electrons. The first kappa shape index (κ1) is 28.7. The van der Waals surface area contributed by atoms with Crippen LogP contribution >= 0.6 is 0 Å². The lowest BCUT2D eigenvalue weighted by Crippen LogP contribution is -2.61. The van der Waals surface area contributed by atoms with Gasteiger partial charge in [0.05, 0.1) is 38.1 Å². The lowest BCUT2D eigenvalue weighted by Gasteiger charge is -2.47. The fourth-order valence-electron chi connectivity index (χ4n) is 4.66. The zero-order chi connectivity index (χ0) is 26.8. The number of esters is 1. The Balaban J connectivity index is 1.91. The highest BCUT2D eigenvalue weighted by molar-refractivity contribution is 5.75. The fraction of sp³-hybridized carbons (Fsp3) is 0.517. The van der Waals surface area contributed by atoms with E-state index >= 15 is 8.78 Å². The van der Waals surface area contributed by atoms with Crippen molar-refractivity contribution in [3.63, 3.8) is 0 Å².